The van der Waals surface area contributed by atoms with Crippen molar-refractivity contribution in [3.63, 3.8) is 0 Å². The molecule has 0 aromatic heterocycles. The minimum Gasteiger partial charge on any atom is -0.380 e. The summed E-state index contributed by atoms with van der Waals surface area (Å²) in [6, 6.07) is 0. The second kappa shape index (κ2) is 3.19. The number of carbonyl (C=O) groups excluding carboxylic acids is 1. The maximum atomic E-state index is 10.4. The van der Waals surface area contributed by atoms with E-state index in [1.807, 2.05) is 0 Å². The average Bonchev–Trinajstić information content (AvgIpc) is 2.34. The van der Waals surface area contributed by atoms with E-state index in [0.717, 1.165) is 0 Å². The van der Waals surface area contributed by atoms with Gasteiger partial charge in [-0.2, -0.15) is 0 Å². The molecule has 0 fully saturated rings. The van der Waals surface area contributed by atoms with Gasteiger partial charge in [-0.3, -0.25) is 4.79 Å². The third-order valence-electron chi connectivity index (χ3n) is 1.31. The van der Waals surface area contributed by atoms with Gasteiger partial charge < -0.3 is 9.57 Å². The number of methoxy groups -OCH3 is 1. The van der Waals surface area contributed by atoms with Crippen LogP contribution in [0.25, 0.3) is 0 Å². The monoisotopic (exact) mass is 176 g/mol. The summed E-state index contributed by atoms with van der Waals surface area (Å²) >= 11 is 5.50. The fourth-order valence-corrected chi connectivity index (χ4v) is 1.08. The zero-order valence-electron chi connectivity index (χ0n) is 5.96. The molecule has 11 heavy (non-hydrogen) atoms. The van der Waals surface area contributed by atoms with Crippen LogP contribution in [0, 0.1) is 0 Å². The van der Waals surface area contributed by atoms with Gasteiger partial charge in [0.05, 0.1) is 13.0 Å². The predicted octanol–water partition coefficient (Wildman–Crippen LogP) is 0.454. The second-order valence-electron chi connectivity index (χ2n) is 2.26. The summed E-state index contributed by atoms with van der Waals surface area (Å²) in [4.78, 5) is 15.2. The summed E-state index contributed by atoms with van der Waals surface area (Å²) in [7, 11) is 1.47. The van der Waals surface area contributed by atoms with Crippen LogP contribution < -0.4 is 0 Å². The molecule has 1 rings (SSSR count). The first kappa shape index (κ1) is 8.49. The van der Waals surface area contributed by atoms with E-state index < -0.39 is 5.60 Å². The number of oxime groups is 1. The molecule has 0 bridgehead atoms. The molecule has 0 N–H and O–H groups in total. The molecule has 4 nitrogen and oxygen atoms in total. The first-order chi connectivity index (χ1) is 5.22. The topological polar surface area (TPSA) is 47.9 Å². The summed E-state index contributed by atoms with van der Waals surface area (Å²) in [6.45, 7) is 0.121. The van der Waals surface area contributed by atoms with Crippen molar-refractivity contribution in [2.24, 2.45) is 5.16 Å². The van der Waals surface area contributed by atoms with Gasteiger partial charge in [0.25, 0.3) is 6.29 Å². The van der Waals surface area contributed by atoms with Crippen LogP contribution in [0.15, 0.2) is 5.16 Å². The van der Waals surface area contributed by atoms with Crippen LogP contribution in [-0.4, -0.2) is 30.8 Å². The maximum absolute atomic E-state index is 10.4. The van der Waals surface area contributed by atoms with Crippen LogP contribution in [-0.2, 0) is 14.4 Å². The van der Waals surface area contributed by atoms with Crippen molar-refractivity contribution in [1.82, 2.24) is 0 Å². The Hall–Kier alpha value is -0.610. The predicted molar refractivity (Wildman–Crippen MR) is 39.3 cm³/mol. The Balaban J connectivity index is 2.59. The van der Waals surface area contributed by atoms with Crippen molar-refractivity contribution in [3.8, 4) is 0 Å². The first-order valence-corrected chi connectivity index (χ1v) is 3.39. The number of halogens is 1. The molecule has 0 aromatic rings. The van der Waals surface area contributed by atoms with E-state index in [-0.39, 0.29) is 18.2 Å². The van der Waals surface area contributed by atoms with Crippen LogP contribution in [0.2, 0.25) is 0 Å². The van der Waals surface area contributed by atoms with E-state index in [9.17, 15) is 4.79 Å². The van der Waals surface area contributed by atoms with Gasteiger partial charge in [0.1, 0.15) is 5.17 Å². The molecular formula is C6H7ClNO3. The number of hydrogen-bond acceptors (Lipinski definition) is 4. The van der Waals surface area contributed by atoms with Gasteiger partial charge in [-0.05, 0) is 0 Å². The van der Waals surface area contributed by atoms with Crippen LogP contribution in [0.4, 0.5) is 0 Å². The molecule has 0 amide bonds. The molecular weight excluding hydrogens is 170 g/mol. The SMILES string of the molecule is COCC1([C]=O)CC(Cl)=NO1. The fourth-order valence-electron chi connectivity index (χ4n) is 0.832. The quantitative estimate of drug-likeness (QED) is 0.628. The zero-order chi connectivity index (χ0) is 8.32. The highest BCUT2D eigenvalue weighted by molar-refractivity contribution is 6.65. The van der Waals surface area contributed by atoms with E-state index in [4.69, 9.17) is 21.2 Å². The molecule has 0 saturated carbocycles. The average molecular weight is 177 g/mol. The lowest BCUT2D eigenvalue weighted by molar-refractivity contribution is -0.0215. The highest BCUT2D eigenvalue weighted by Crippen LogP contribution is 2.23. The lowest BCUT2D eigenvalue weighted by Gasteiger charge is -2.16. The van der Waals surface area contributed by atoms with Crippen molar-refractivity contribution in [2.75, 3.05) is 13.7 Å². The van der Waals surface area contributed by atoms with Crippen molar-refractivity contribution < 1.29 is 14.4 Å². The molecule has 1 unspecified atom stereocenters. The third kappa shape index (κ3) is 1.70. The Kier molecular flexibility index (Phi) is 2.46. The number of ether oxygens (including phenoxy) is 1. The molecule has 0 spiro atoms. The lowest BCUT2D eigenvalue weighted by atomic mass is 10.1. The first-order valence-electron chi connectivity index (χ1n) is 3.01. The Morgan fingerprint density at radius 1 is 2.00 bits per heavy atom. The van der Waals surface area contributed by atoms with Gasteiger partial charge in [-0.25, -0.2) is 0 Å². The fraction of sp³-hybridized carbons (Fsp3) is 0.667. The van der Waals surface area contributed by atoms with Crippen LogP contribution in [0.3, 0.4) is 0 Å². The minimum atomic E-state index is -1.11. The molecule has 0 aromatic carbocycles. The summed E-state index contributed by atoms with van der Waals surface area (Å²) < 4.78 is 4.75. The zero-order valence-corrected chi connectivity index (χ0v) is 6.72. The lowest BCUT2D eigenvalue weighted by Crippen LogP contribution is -2.35. The van der Waals surface area contributed by atoms with Crippen molar-refractivity contribution in [3.05, 3.63) is 0 Å². The number of rotatable bonds is 3. The molecule has 1 heterocycles. The highest BCUT2D eigenvalue weighted by Gasteiger charge is 2.40. The van der Waals surface area contributed by atoms with Crippen LogP contribution in [0.1, 0.15) is 6.42 Å². The molecule has 1 aliphatic heterocycles. The molecule has 1 atom stereocenters. The molecule has 0 aliphatic carbocycles. The summed E-state index contributed by atoms with van der Waals surface area (Å²) in [5, 5.41) is 3.69. The van der Waals surface area contributed by atoms with E-state index in [1.54, 1.807) is 6.29 Å². The van der Waals surface area contributed by atoms with Gasteiger partial charge in [0.15, 0.2) is 0 Å². The Labute approximate surface area is 69.1 Å². The maximum Gasteiger partial charge on any atom is 0.252 e. The molecule has 1 aliphatic rings. The van der Waals surface area contributed by atoms with Crippen LogP contribution >= 0.6 is 11.6 Å². The largest absolute Gasteiger partial charge is 0.380 e. The third-order valence-corrected chi connectivity index (χ3v) is 1.52. The van der Waals surface area contributed by atoms with E-state index >= 15 is 0 Å². The molecule has 0 saturated heterocycles. The smallest absolute Gasteiger partial charge is 0.252 e. The molecule has 5 heteroatoms. The van der Waals surface area contributed by atoms with E-state index in [2.05, 4.69) is 5.16 Å². The Morgan fingerprint density at radius 3 is 3.09 bits per heavy atom. The van der Waals surface area contributed by atoms with Gasteiger partial charge in [0.2, 0.25) is 5.60 Å². The molecule has 61 valence electrons. The minimum absolute atomic E-state index is 0.121. The van der Waals surface area contributed by atoms with E-state index in [1.165, 1.54) is 7.11 Å². The van der Waals surface area contributed by atoms with Crippen molar-refractivity contribution >= 4 is 23.1 Å². The van der Waals surface area contributed by atoms with Crippen molar-refractivity contribution in [1.29, 1.82) is 0 Å². The van der Waals surface area contributed by atoms with E-state index in [0.29, 0.717) is 0 Å². The highest BCUT2D eigenvalue weighted by atomic mass is 35.5. The molecule has 1 radical (unpaired) electrons. The number of nitrogens with zero attached hydrogens (tertiary/aromatic N) is 1. The van der Waals surface area contributed by atoms with Gasteiger partial charge in [0, 0.05) is 7.11 Å². The standard InChI is InChI=1S/C6H7ClNO3/c1-10-4-6(3-9)2-5(7)8-11-6/h2,4H2,1H3. The van der Waals surface area contributed by atoms with Gasteiger partial charge >= 0.3 is 0 Å². The summed E-state index contributed by atoms with van der Waals surface area (Å²) in [5.41, 5.74) is -1.11. The number of hydrogen-bond donors (Lipinski definition) is 0. The summed E-state index contributed by atoms with van der Waals surface area (Å²) in [6.07, 6.45) is 1.95. The second-order valence-corrected chi connectivity index (χ2v) is 2.70. The van der Waals surface area contributed by atoms with Crippen LogP contribution in [0.5, 0.6) is 0 Å². The normalized spacial score (nSPS) is 29.5. The summed E-state index contributed by atoms with van der Waals surface area (Å²) in [5.74, 6) is 0. The van der Waals surface area contributed by atoms with Gasteiger partial charge in [-0.1, -0.05) is 16.8 Å². The Morgan fingerprint density at radius 2 is 2.73 bits per heavy atom. The Bertz CT molecular complexity index is 194. The van der Waals surface area contributed by atoms with Crippen molar-refractivity contribution in [2.45, 2.75) is 12.0 Å². The van der Waals surface area contributed by atoms with Gasteiger partial charge in [-0.15, -0.1) is 0 Å².